The second kappa shape index (κ2) is 8.30. The van der Waals surface area contributed by atoms with Gasteiger partial charge in [-0.15, -0.1) is 0 Å². The molecule has 1 aromatic carbocycles. The summed E-state index contributed by atoms with van der Waals surface area (Å²) in [6, 6.07) is 7.85. The molecule has 0 aliphatic heterocycles. The highest BCUT2D eigenvalue weighted by atomic mass is 16.5. The topological polar surface area (TPSA) is 64.3 Å². The van der Waals surface area contributed by atoms with Crippen LogP contribution in [0.15, 0.2) is 24.3 Å². The summed E-state index contributed by atoms with van der Waals surface area (Å²) in [5, 5.41) is 3.02. The highest BCUT2D eigenvalue weighted by Gasteiger charge is 2.32. The van der Waals surface area contributed by atoms with Crippen molar-refractivity contribution in [2.75, 3.05) is 18.5 Å². The van der Waals surface area contributed by atoms with Gasteiger partial charge in [0.2, 0.25) is 5.91 Å². The van der Waals surface area contributed by atoms with Crippen LogP contribution in [0.2, 0.25) is 0 Å². The van der Waals surface area contributed by atoms with Crippen molar-refractivity contribution in [2.24, 2.45) is 11.1 Å². The van der Waals surface area contributed by atoms with Gasteiger partial charge in [-0.05, 0) is 49.4 Å². The van der Waals surface area contributed by atoms with Gasteiger partial charge >= 0.3 is 0 Å². The van der Waals surface area contributed by atoms with Crippen LogP contribution < -0.4 is 11.1 Å². The quantitative estimate of drug-likeness (QED) is 0.811. The smallest absolute Gasteiger partial charge is 0.224 e. The molecule has 2 rings (SSSR count). The van der Waals surface area contributed by atoms with E-state index in [1.807, 2.05) is 31.2 Å². The van der Waals surface area contributed by atoms with E-state index in [0.29, 0.717) is 26.2 Å². The summed E-state index contributed by atoms with van der Waals surface area (Å²) in [5.41, 5.74) is 7.88. The van der Waals surface area contributed by atoms with Crippen LogP contribution in [0.25, 0.3) is 0 Å². The Bertz CT molecular complexity index is 482. The van der Waals surface area contributed by atoms with Crippen LogP contribution in [0.1, 0.15) is 51.0 Å². The largest absolute Gasteiger partial charge is 0.377 e. The summed E-state index contributed by atoms with van der Waals surface area (Å²) < 4.78 is 5.41. The van der Waals surface area contributed by atoms with Crippen LogP contribution in [0, 0.1) is 5.41 Å². The number of hydrogen-bond donors (Lipinski definition) is 2. The Hall–Kier alpha value is -1.39. The fraction of sp³-hybridized carbons (Fsp3) is 0.611. The van der Waals surface area contributed by atoms with Crippen molar-refractivity contribution in [1.29, 1.82) is 0 Å². The number of amides is 1. The number of anilines is 1. The third-order valence-corrected chi connectivity index (χ3v) is 4.57. The first-order valence-electron chi connectivity index (χ1n) is 8.34. The van der Waals surface area contributed by atoms with Crippen molar-refractivity contribution >= 4 is 11.6 Å². The van der Waals surface area contributed by atoms with E-state index in [0.717, 1.165) is 24.1 Å². The maximum Gasteiger partial charge on any atom is 0.224 e. The molecule has 1 aromatic rings. The van der Waals surface area contributed by atoms with Gasteiger partial charge in [0.15, 0.2) is 0 Å². The molecule has 0 spiro atoms. The van der Waals surface area contributed by atoms with Crippen LogP contribution in [0.3, 0.4) is 0 Å². The molecule has 0 saturated heterocycles. The monoisotopic (exact) mass is 304 g/mol. The lowest BCUT2D eigenvalue weighted by atomic mass is 9.71. The zero-order chi connectivity index (χ0) is 15.8. The van der Waals surface area contributed by atoms with Gasteiger partial charge in [-0.1, -0.05) is 31.4 Å². The average Bonchev–Trinajstić information content (AvgIpc) is 2.54. The average molecular weight is 304 g/mol. The van der Waals surface area contributed by atoms with Crippen LogP contribution in [0.5, 0.6) is 0 Å². The summed E-state index contributed by atoms with van der Waals surface area (Å²) in [6.45, 7) is 3.84. The minimum atomic E-state index is 0.00522. The molecule has 4 nitrogen and oxygen atoms in total. The zero-order valence-electron chi connectivity index (χ0n) is 13.6. The molecule has 1 aliphatic rings. The Morgan fingerprint density at radius 1 is 1.32 bits per heavy atom. The highest BCUT2D eigenvalue weighted by molar-refractivity contribution is 5.91. The normalized spacial score (nSPS) is 17.2. The molecule has 0 heterocycles. The van der Waals surface area contributed by atoms with Gasteiger partial charge in [-0.2, -0.15) is 0 Å². The van der Waals surface area contributed by atoms with Crippen molar-refractivity contribution in [3.05, 3.63) is 29.8 Å². The molecule has 3 N–H and O–H groups in total. The van der Waals surface area contributed by atoms with E-state index in [1.165, 1.54) is 19.3 Å². The number of carbonyl (C=O) groups is 1. The molecular weight excluding hydrogens is 276 g/mol. The minimum Gasteiger partial charge on any atom is -0.377 e. The summed E-state index contributed by atoms with van der Waals surface area (Å²) >= 11 is 0. The first kappa shape index (κ1) is 17.0. The first-order valence-corrected chi connectivity index (χ1v) is 8.34. The molecule has 4 heteroatoms. The van der Waals surface area contributed by atoms with Crippen LogP contribution in [-0.4, -0.2) is 19.1 Å². The van der Waals surface area contributed by atoms with Gasteiger partial charge in [0, 0.05) is 18.7 Å². The van der Waals surface area contributed by atoms with Gasteiger partial charge in [0.1, 0.15) is 0 Å². The lowest BCUT2D eigenvalue weighted by Gasteiger charge is -2.35. The zero-order valence-corrected chi connectivity index (χ0v) is 13.6. The predicted octanol–water partition coefficient (Wildman–Crippen LogP) is 3.46. The summed E-state index contributed by atoms with van der Waals surface area (Å²) in [4.78, 5) is 12.4. The Balaban J connectivity index is 1.93. The lowest BCUT2D eigenvalue weighted by molar-refractivity contribution is -0.118. The van der Waals surface area contributed by atoms with E-state index in [1.54, 1.807) is 0 Å². The standard InChI is InChI=1S/C18H28N2O2/c1-2-22-13-15-7-6-8-16(11-15)20-17(21)12-18(14-19)9-4-3-5-10-18/h6-8,11H,2-5,9-10,12-14,19H2,1H3,(H,20,21). The van der Waals surface area contributed by atoms with E-state index in [9.17, 15) is 4.79 Å². The van der Waals surface area contributed by atoms with E-state index in [-0.39, 0.29) is 11.3 Å². The number of nitrogens with one attached hydrogen (secondary N) is 1. The van der Waals surface area contributed by atoms with Crippen molar-refractivity contribution in [1.82, 2.24) is 0 Å². The van der Waals surface area contributed by atoms with Gasteiger partial charge in [-0.3, -0.25) is 4.79 Å². The second-order valence-corrected chi connectivity index (χ2v) is 6.33. The lowest BCUT2D eigenvalue weighted by Crippen LogP contribution is -2.36. The molecule has 1 aliphatic carbocycles. The van der Waals surface area contributed by atoms with E-state index in [2.05, 4.69) is 5.32 Å². The molecule has 22 heavy (non-hydrogen) atoms. The molecular formula is C18H28N2O2. The number of hydrogen-bond acceptors (Lipinski definition) is 3. The summed E-state index contributed by atoms with van der Waals surface area (Å²) in [5.74, 6) is 0.0703. The van der Waals surface area contributed by atoms with Gasteiger partial charge in [0.25, 0.3) is 0 Å². The Labute approximate surface area is 133 Å². The Morgan fingerprint density at radius 3 is 2.77 bits per heavy atom. The molecule has 1 amide bonds. The van der Waals surface area contributed by atoms with E-state index in [4.69, 9.17) is 10.5 Å². The third-order valence-electron chi connectivity index (χ3n) is 4.57. The minimum absolute atomic E-state index is 0.00522. The first-order chi connectivity index (χ1) is 10.7. The SMILES string of the molecule is CCOCc1cccc(NC(=O)CC2(CN)CCCCC2)c1. The van der Waals surface area contributed by atoms with Gasteiger partial charge in [0.05, 0.1) is 6.61 Å². The molecule has 0 radical (unpaired) electrons. The molecule has 0 unspecified atom stereocenters. The summed E-state index contributed by atoms with van der Waals surface area (Å²) in [7, 11) is 0. The molecule has 0 aromatic heterocycles. The fourth-order valence-electron chi connectivity index (χ4n) is 3.26. The molecule has 1 saturated carbocycles. The number of carbonyl (C=O) groups excluding carboxylic acids is 1. The number of rotatable bonds is 7. The van der Waals surface area contributed by atoms with Crippen molar-refractivity contribution in [3.63, 3.8) is 0 Å². The van der Waals surface area contributed by atoms with Crippen molar-refractivity contribution in [3.8, 4) is 0 Å². The second-order valence-electron chi connectivity index (χ2n) is 6.33. The highest BCUT2D eigenvalue weighted by Crippen LogP contribution is 2.38. The van der Waals surface area contributed by atoms with Crippen LogP contribution in [0.4, 0.5) is 5.69 Å². The molecule has 0 atom stereocenters. The van der Waals surface area contributed by atoms with E-state index >= 15 is 0 Å². The Morgan fingerprint density at radius 2 is 2.09 bits per heavy atom. The third kappa shape index (κ3) is 4.82. The maximum absolute atomic E-state index is 12.4. The van der Waals surface area contributed by atoms with Crippen LogP contribution >= 0.6 is 0 Å². The van der Waals surface area contributed by atoms with Crippen LogP contribution in [-0.2, 0) is 16.1 Å². The molecule has 122 valence electrons. The van der Waals surface area contributed by atoms with Crippen molar-refractivity contribution in [2.45, 2.75) is 52.1 Å². The predicted molar refractivity (Wildman–Crippen MR) is 89.6 cm³/mol. The number of nitrogens with two attached hydrogens (primary N) is 1. The number of ether oxygens (including phenoxy) is 1. The van der Waals surface area contributed by atoms with E-state index < -0.39 is 0 Å². The van der Waals surface area contributed by atoms with Crippen molar-refractivity contribution < 1.29 is 9.53 Å². The maximum atomic E-state index is 12.4. The Kier molecular flexibility index (Phi) is 6.40. The number of benzene rings is 1. The summed E-state index contributed by atoms with van der Waals surface area (Å²) in [6.07, 6.45) is 6.31. The van der Waals surface area contributed by atoms with Gasteiger partial charge in [-0.25, -0.2) is 0 Å². The van der Waals surface area contributed by atoms with Gasteiger partial charge < -0.3 is 15.8 Å². The molecule has 1 fully saturated rings. The molecule has 0 bridgehead atoms. The fourth-order valence-corrected chi connectivity index (χ4v) is 3.26.